The van der Waals surface area contributed by atoms with Crippen molar-refractivity contribution >= 4 is 0 Å². The molecule has 1 unspecified atom stereocenters. The van der Waals surface area contributed by atoms with Crippen LogP contribution in [0.25, 0.3) is 0 Å². The van der Waals surface area contributed by atoms with Crippen LogP contribution < -0.4 is 5.32 Å². The van der Waals surface area contributed by atoms with Gasteiger partial charge in [-0.1, -0.05) is 36.4 Å². The fraction of sp³-hybridized carbons (Fsp3) is 0.389. The Morgan fingerprint density at radius 1 is 1.05 bits per heavy atom. The van der Waals surface area contributed by atoms with Crippen molar-refractivity contribution in [2.45, 2.75) is 39.2 Å². The highest BCUT2D eigenvalue weighted by atomic mass is 14.9. The highest BCUT2D eigenvalue weighted by molar-refractivity contribution is 5.25. The largest absolute Gasteiger partial charge is 0.313 e. The van der Waals surface area contributed by atoms with Gasteiger partial charge in [-0.15, -0.1) is 0 Å². The van der Waals surface area contributed by atoms with Crippen molar-refractivity contribution in [1.29, 1.82) is 0 Å². The van der Waals surface area contributed by atoms with Gasteiger partial charge in [0, 0.05) is 17.4 Å². The summed E-state index contributed by atoms with van der Waals surface area (Å²) >= 11 is 0. The van der Waals surface area contributed by atoms with Crippen molar-refractivity contribution in [3.8, 4) is 0 Å². The fourth-order valence-electron chi connectivity index (χ4n) is 2.68. The summed E-state index contributed by atoms with van der Waals surface area (Å²) in [5, 5.41) is 3.42. The SMILES string of the molecule is CNC(CCCc1ccccc1)c1ccc(C)nc1C. The normalized spacial score (nSPS) is 12.3. The highest BCUT2D eigenvalue weighted by Gasteiger charge is 2.12. The first-order chi connectivity index (χ1) is 9.70. The van der Waals surface area contributed by atoms with Gasteiger partial charge in [0.2, 0.25) is 0 Å². The first-order valence-corrected chi connectivity index (χ1v) is 7.36. The monoisotopic (exact) mass is 268 g/mol. The molecule has 0 fully saturated rings. The number of nitrogens with zero attached hydrogens (tertiary/aromatic N) is 1. The van der Waals surface area contributed by atoms with Crippen LogP contribution >= 0.6 is 0 Å². The Morgan fingerprint density at radius 3 is 2.45 bits per heavy atom. The van der Waals surface area contributed by atoms with E-state index in [2.05, 4.69) is 59.7 Å². The Bertz CT molecular complexity index is 534. The minimum absolute atomic E-state index is 0.395. The van der Waals surface area contributed by atoms with Crippen LogP contribution in [-0.4, -0.2) is 12.0 Å². The number of aromatic nitrogens is 1. The molecular formula is C18H24N2. The van der Waals surface area contributed by atoms with Crippen LogP contribution in [0.5, 0.6) is 0 Å². The Morgan fingerprint density at radius 2 is 1.80 bits per heavy atom. The molecule has 0 radical (unpaired) electrons. The first kappa shape index (κ1) is 14.7. The lowest BCUT2D eigenvalue weighted by Crippen LogP contribution is -2.18. The molecule has 0 amide bonds. The summed E-state index contributed by atoms with van der Waals surface area (Å²) in [6.07, 6.45) is 3.46. The number of aryl methyl sites for hydroxylation is 3. The number of hydrogen-bond donors (Lipinski definition) is 1. The zero-order chi connectivity index (χ0) is 14.4. The molecule has 0 bridgehead atoms. The van der Waals surface area contributed by atoms with Crippen LogP contribution in [0.15, 0.2) is 42.5 Å². The zero-order valence-corrected chi connectivity index (χ0v) is 12.7. The van der Waals surface area contributed by atoms with Gasteiger partial charge >= 0.3 is 0 Å². The molecule has 2 aromatic rings. The van der Waals surface area contributed by atoms with Crippen molar-refractivity contribution < 1.29 is 0 Å². The second kappa shape index (κ2) is 7.20. The fourth-order valence-corrected chi connectivity index (χ4v) is 2.68. The third-order valence-corrected chi connectivity index (χ3v) is 3.79. The van der Waals surface area contributed by atoms with Gasteiger partial charge in [0.25, 0.3) is 0 Å². The van der Waals surface area contributed by atoms with Crippen molar-refractivity contribution in [2.24, 2.45) is 0 Å². The van der Waals surface area contributed by atoms with Crippen LogP contribution in [0, 0.1) is 13.8 Å². The molecule has 1 atom stereocenters. The average Bonchev–Trinajstić information content (AvgIpc) is 2.46. The molecule has 2 heteroatoms. The predicted octanol–water partition coefficient (Wildman–Crippen LogP) is 3.98. The van der Waals surface area contributed by atoms with Gasteiger partial charge < -0.3 is 5.32 Å². The quantitative estimate of drug-likeness (QED) is 0.857. The van der Waals surface area contributed by atoms with Crippen LogP contribution in [0.2, 0.25) is 0 Å². The number of benzene rings is 1. The van der Waals surface area contributed by atoms with E-state index in [4.69, 9.17) is 0 Å². The van der Waals surface area contributed by atoms with Crippen molar-refractivity contribution in [3.63, 3.8) is 0 Å². The van der Waals surface area contributed by atoms with Gasteiger partial charge in [0.05, 0.1) is 0 Å². The highest BCUT2D eigenvalue weighted by Crippen LogP contribution is 2.22. The maximum Gasteiger partial charge on any atom is 0.0423 e. The number of pyridine rings is 1. The number of nitrogens with one attached hydrogen (secondary N) is 1. The average molecular weight is 268 g/mol. The van der Waals surface area contributed by atoms with Gasteiger partial charge in [-0.05, 0) is 57.4 Å². The lowest BCUT2D eigenvalue weighted by atomic mass is 9.98. The summed E-state index contributed by atoms with van der Waals surface area (Å²) in [7, 11) is 2.03. The molecule has 106 valence electrons. The van der Waals surface area contributed by atoms with E-state index in [0.29, 0.717) is 6.04 Å². The zero-order valence-electron chi connectivity index (χ0n) is 12.7. The molecule has 0 aliphatic heterocycles. The molecule has 0 aliphatic carbocycles. The molecule has 0 saturated carbocycles. The molecule has 1 heterocycles. The molecule has 0 aliphatic rings. The molecule has 0 spiro atoms. The van der Waals surface area contributed by atoms with E-state index in [1.165, 1.54) is 17.5 Å². The molecular weight excluding hydrogens is 244 g/mol. The Balaban J connectivity index is 1.95. The van der Waals surface area contributed by atoms with E-state index in [9.17, 15) is 0 Å². The van der Waals surface area contributed by atoms with Gasteiger partial charge in [0.1, 0.15) is 0 Å². The Kier molecular flexibility index (Phi) is 5.31. The molecule has 2 nitrogen and oxygen atoms in total. The molecule has 20 heavy (non-hydrogen) atoms. The molecule has 1 aromatic heterocycles. The van der Waals surface area contributed by atoms with Gasteiger partial charge in [-0.3, -0.25) is 4.98 Å². The van der Waals surface area contributed by atoms with E-state index >= 15 is 0 Å². The lowest BCUT2D eigenvalue weighted by molar-refractivity contribution is 0.523. The summed E-state index contributed by atoms with van der Waals surface area (Å²) in [6.45, 7) is 4.14. The van der Waals surface area contributed by atoms with Crippen molar-refractivity contribution in [1.82, 2.24) is 10.3 Å². The minimum Gasteiger partial charge on any atom is -0.313 e. The number of rotatable bonds is 6. The molecule has 2 rings (SSSR count). The van der Waals surface area contributed by atoms with Gasteiger partial charge in [-0.2, -0.15) is 0 Å². The maximum absolute atomic E-state index is 4.57. The summed E-state index contributed by atoms with van der Waals surface area (Å²) in [6, 6.07) is 15.4. The molecule has 0 saturated heterocycles. The third kappa shape index (κ3) is 3.91. The standard InChI is InChI=1S/C18H24N2/c1-14-12-13-17(15(2)20-14)18(19-3)11-7-10-16-8-5-4-6-9-16/h4-6,8-9,12-13,18-19H,7,10-11H2,1-3H3. The topological polar surface area (TPSA) is 24.9 Å². The maximum atomic E-state index is 4.57. The van der Waals surface area contributed by atoms with E-state index < -0.39 is 0 Å². The Hall–Kier alpha value is -1.67. The lowest BCUT2D eigenvalue weighted by Gasteiger charge is -2.18. The van der Waals surface area contributed by atoms with Crippen LogP contribution in [0.4, 0.5) is 0 Å². The molecule has 1 N–H and O–H groups in total. The van der Waals surface area contributed by atoms with Crippen LogP contribution in [0.3, 0.4) is 0 Å². The number of hydrogen-bond acceptors (Lipinski definition) is 2. The smallest absolute Gasteiger partial charge is 0.0423 e. The van der Waals surface area contributed by atoms with Crippen LogP contribution in [-0.2, 0) is 6.42 Å². The second-order valence-electron chi connectivity index (χ2n) is 5.35. The third-order valence-electron chi connectivity index (χ3n) is 3.79. The summed E-state index contributed by atoms with van der Waals surface area (Å²) in [5.41, 5.74) is 4.97. The van der Waals surface area contributed by atoms with E-state index in [1.807, 2.05) is 14.0 Å². The molecule has 1 aromatic carbocycles. The first-order valence-electron chi connectivity index (χ1n) is 7.36. The van der Waals surface area contributed by atoms with E-state index in [0.717, 1.165) is 24.2 Å². The van der Waals surface area contributed by atoms with Gasteiger partial charge in [-0.25, -0.2) is 0 Å². The van der Waals surface area contributed by atoms with E-state index in [1.54, 1.807) is 0 Å². The summed E-state index contributed by atoms with van der Waals surface area (Å²) in [4.78, 5) is 4.57. The minimum atomic E-state index is 0.395. The van der Waals surface area contributed by atoms with Crippen molar-refractivity contribution in [2.75, 3.05) is 7.05 Å². The van der Waals surface area contributed by atoms with Gasteiger partial charge in [0.15, 0.2) is 0 Å². The second-order valence-corrected chi connectivity index (χ2v) is 5.35. The van der Waals surface area contributed by atoms with Crippen molar-refractivity contribution in [3.05, 3.63) is 65.0 Å². The summed E-state index contributed by atoms with van der Waals surface area (Å²) < 4.78 is 0. The summed E-state index contributed by atoms with van der Waals surface area (Å²) in [5.74, 6) is 0. The van der Waals surface area contributed by atoms with Crippen LogP contribution in [0.1, 0.15) is 41.4 Å². The Labute approximate surface area is 122 Å². The van der Waals surface area contributed by atoms with E-state index in [-0.39, 0.29) is 0 Å². The predicted molar refractivity (Wildman–Crippen MR) is 84.9 cm³/mol.